The Labute approximate surface area is 145 Å². The van der Waals surface area contributed by atoms with Crippen LogP contribution in [0, 0.1) is 0 Å². The number of amides is 2. The standard InChI is InChI=1S/C19H20N2O4/c1-13(14-5-3-2-4-6-14)20-19(25)15-7-9-16(10-8-15)21-17(22)11-12-18(23)24/h2-10,13H,11-12H2,1H3,(H,20,25)(H,21,22)(H,23,24)/t13-/m0/s1. The van der Waals surface area contributed by atoms with Crippen molar-refractivity contribution in [1.29, 1.82) is 0 Å². The van der Waals surface area contributed by atoms with Crippen molar-refractivity contribution in [2.45, 2.75) is 25.8 Å². The maximum Gasteiger partial charge on any atom is 0.303 e. The van der Waals surface area contributed by atoms with Crippen LogP contribution in [-0.4, -0.2) is 22.9 Å². The summed E-state index contributed by atoms with van der Waals surface area (Å²) in [6.45, 7) is 1.91. The molecule has 6 nitrogen and oxygen atoms in total. The molecule has 0 saturated heterocycles. The molecule has 0 aromatic heterocycles. The zero-order valence-corrected chi connectivity index (χ0v) is 13.9. The molecule has 6 heteroatoms. The average molecular weight is 340 g/mol. The molecular weight excluding hydrogens is 320 g/mol. The molecule has 2 rings (SSSR count). The van der Waals surface area contributed by atoms with E-state index in [1.165, 1.54) is 0 Å². The minimum atomic E-state index is -1.02. The van der Waals surface area contributed by atoms with Crippen molar-refractivity contribution in [1.82, 2.24) is 5.32 Å². The molecule has 0 spiro atoms. The fraction of sp³-hybridized carbons (Fsp3) is 0.211. The second-order valence-corrected chi connectivity index (χ2v) is 5.63. The zero-order chi connectivity index (χ0) is 18.2. The first kappa shape index (κ1) is 18.2. The van der Waals surface area contributed by atoms with Gasteiger partial charge in [0.2, 0.25) is 5.91 Å². The number of aliphatic carboxylic acids is 1. The van der Waals surface area contributed by atoms with Crippen LogP contribution in [0.4, 0.5) is 5.69 Å². The van der Waals surface area contributed by atoms with Crippen LogP contribution in [0.1, 0.15) is 41.7 Å². The van der Waals surface area contributed by atoms with E-state index < -0.39 is 5.97 Å². The third-order valence-corrected chi connectivity index (χ3v) is 3.64. The number of carboxylic acid groups (broad SMARTS) is 1. The summed E-state index contributed by atoms with van der Waals surface area (Å²) in [6, 6.07) is 16.0. The number of carbonyl (C=O) groups excluding carboxylic acids is 2. The van der Waals surface area contributed by atoms with E-state index >= 15 is 0 Å². The van der Waals surface area contributed by atoms with Gasteiger partial charge in [0.05, 0.1) is 12.5 Å². The Hall–Kier alpha value is -3.15. The summed E-state index contributed by atoms with van der Waals surface area (Å²) in [5.41, 5.74) is 2.01. The van der Waals surface area contributed by atoms with E-state index in [0.29, 0.717) is 11.3 Å². The van der Waals surface area contributed by atoms with E-state index in [4.69, 9.17) is 5.11 Å². The van der Waals surface area contributed by atoms with Gasteiger partial charge < -0.3 is 15.7 Å². The third kappa shape index (κ3) is 5.76. The maximum absolute atomic E-state index is 12.3. The molecule has 0 heterocycles. The molecule has 2 aromatic carbocycles. The number of hydrogen-bond donors (Lipinski definition) is 3. The van der Waals surface area contributed by atoms with E-state index in [1.54, 1.807) is 24.3 Å². The second kappa shape index (κ2) is 8.63. The van der Waals surface area contributed by atoms with Crippen molar-refractivity contribution >= 4 is 23.5 Å². The van der Waals surface area contributed by atoms with E-state index in [-0.39, 0.29) is 30.7 Å². The van der Waals surface area contributed by atoms with Crippen LogP contribution in [-0.2, 0) is 9.59 Å². The molecule has 0 aliphatic carbocycles. The lowest BCUT2D eigenvalue weighted by Crippen LogP contribution is -2.26. The number of nitrogens with one attached hydrogen (secondary N) is 2. The van der Waals surface area contributed by atoms with Crippen molar-refractivity contribution in [2.75, 3.05) is 5.32 Å². The van der Waals surface area contributed by atoms with Crippen LogP contribution in [0.3, 0.4) is 0 Å². The smallest absolute Gasteiger partial charge is 0.303 e. The predicted octanol–water partition coefficient (Wildman–Crippen LogP) is 2.98. The molecule has 2 amide bonds. The highest BCUT2D eigenvalue weighted by molar-refractivity contribution is 5.96. The highest BCUT2D eigenvalue weighted by Crippen LogP contribution is 2.14. The van der Waals surface area contributed by atoms with Crippen molar-refractivity contribution in [3.05, 3.63) is 65.7 Å². The Bertz CT molecular complexity index is 742. The van der Waals surface area contributed by atoms with E-state index in [0.717, 1.165) is 5.56 Å². The summed E-state index contributed by atoms with van der Waals surface area (Å²) in [5, 5.41) is 14.1. The SMILES string of the molecule is C[C@H](NC(=O)c1ccc(NC(=O)CCC(=O)O)cc1)c1ccccc1. The highest BCUT2D eigenvalue weighted by atomic mass is 16.4. The topological polar surface area (TPSA) is 95.5 Å². The van der Waals surface area contributed by atoms with Crippen LogP contribution in [0.5, 0.6) is 0 Å². The summed E-state index contributed by atoms with van der Waals surface area (Å²) >= 11 is 0. The number of hydrogen-bond acceptors (Lipinski definition) is 3. The fourth-order valence-corrected chi connectivity index (χ4v) is 2.25. The predicted molar refractivity (Wildman–Crippen MR) is 94.3 cm³/mol. The molecule has 3 N–H and O–H groups in total. The molecule has 0 bridgehead atoms. The van der Waals surface area contributed by atoms with Gasteiger partial charge >= 0.3 is 5.97 Å². The number of rotatable bonds is 7. The van der Waals surface area contributed by atoms with Crippen molar-refractivity contribution in [3.63, 3.8) is 0 Å². The molecule has 0 fully saturated rings. The Kier molecular flexibility index (Phi) is 6.28. The van der Waals surface area contributed by atoms with Gasteiger partial charge in [0, 0.05) is 17.7 Å². The quantitative estimate of drug-likeness (QED) is 0.722. The van der Waals surface area contributed by atoms with Crippen LogP contribution in [0.25, 0.3) is 0 Å². The second-order valence-electron chi connectivity index (χ2n) is 5.63. The van der Waals surface area contributed by atoms with E-state index in [2.05, 4.69) is 10.6 Å². The van der Waals surface area contributed by atoms with Crippen molar-refractivity contribution in [2.24, 2.45) is 0 Å². The monoisotopic (exact) mass is 340 g/mol. The molecule has 1 atom stereocenters. The number of benzene rings is 2. The van der Waals surface area contributed by atoms with Gasteiger partial charge in [-0.15, -0.1) is 0 Å². The van der Waals surface area contributed by atoms with Gasteiger partial charge in [-0.25, -0.2) is 0 Å². The molecule has 0 aliphatic heterocycles. The molecule has 130 valence electrons. The Morgan fingerprint density at radius 1 is 0.960 bits per heavy atom. The first-order chi connectivity index (χ1) is 12.0. The first-order valence-electron chi connectivity index (χ1n) is 7.93. The van der Waals surface area contributed by atoms with Gasteiger partial charge in [0.1, 0.15) is 0 Å². The Morgan fingerprint density at radius 3 is 2.20 bits per heavy atom. The third-order valence-electron chi connectivity index (χ3n) is 3.64. The molecule has 25 heavy (non-hydrogen) atoms. The minimum Gasteiger partial charge on any atom is -0.481 e. The molecule has 0 radical (unpaired) electrons. The summed E-state index contributed by atoms with van der Waals surface area (Å²) in [7, 11) is 0. The van der Waals surface area contributed by atoms with Gasteiger partial charge in [-0.3, -0.25) is 14.4 Å². The Balaban J connectivity index is 1.91. The highest BCUT2D eigenvalue weighted by Gasteiger charge is 2.11. The largest absolute Gasteiger partial charge is 0.481 e. The lowest BCUT2D eigenvalue weighted by molar-refractivity contribution is -0.138. The van der Waals surface area contributed by atoms with Crippen LogP contribution in [0.15, 0.2) is 54.6 Å². The fourth-order valence-electron chi connectivity index (χ4n) is 2.25. The van der Waals surface area contributed by atoms with Gasteiger partial charge in [-0.05, 0) is 36.8 Å². The molecule has 0 aliphatic rings. The van der Waals surface area contributed by atoms with Gasteiger partial charge in [0.25, 0.3) is 5.91 Å². The van der Waals surface area contributed by atoms with Crippen molar-refractivity contribution in [3.8, 4) is 0 Å². The van der Waals surface area contributed by atoms with Gasteiger partial charge in [0.15, 0.2) is 0 Å². The minimum absolute atomic E-state index is 0.0911. The molecular formula is C19H20N2O4. The summed E-state index contributed by atoms with van der Waals surface area (Å²) < 4.78 is 0. The lowest BCUT2D eigenvalue weighted by atomic mass is 10.1. The molecule has 0 saturated carbocycles. The van der Waals surface area contributed by atoms with E-state index in [1.807, 2.05) is 37.3 Å². The first-order valence-corrected chi connectivity index (χ1v) is 7.93. The lowest BCUT2D eigenvalue weighted by Gasteiger charge is -2.14. The van der Waals surface area contributed by atoms with Gasteiger partial charge in [-0.2, -0.15) is 0 Å². The van der Waals surface area contributed by atoms with Crippen LogP contribution in [0.2, 0.25) is 0 Å². The average Bonchev–Trinajstić information content (AvgIpc) is 2.61. The number of carboxylic acids is 1. The van der Waals surface area contributed by atoms with E-state index in [9.17, 15) is 14.4 Å². The van der Waals surface area contributed by atoms with Crippen molar-refractivity contribution < 1.29 is 19.5 Å². The summed E-state index contributed by atoms with van der Waals surface area (Å²) in [5.74, 6) is -1.60. The summed E-state index contributed by atoms with van der Waals surface area (Å²) in [4.78, 5) is 34.3. The van der Waals surface area contributed by atoms with Crippen LogP contribution < -0.4 is 10.6 Å². The zero-order valence-electron chi connectivity index (χ0n) is 13.9. The van der Waals surface area contributed by atoms with Gasteiger partial charge in [-0.1, -0.05) is 30.3 Å². The summed E-state index contributed by atoms with van der Waals surface area (Å²) in [6.07, 6.45) is -0.310. The Morgan fingerprint density at radius 2 is 1.60 bits per heavy atom. The molecule has 0 unspecified atom stereocenters. The number of carbonyl (C=O) groups is 3. The number of anilines is 1. The molecule has 2 aromatic rings. The maximum atomic E-state index is 12.3. The normalized spacial score (nSPS) is 11.4. The van der Waals surface area contributed by atoms with Crippen LogP contribution >= 0.6 is 0 Å².